The lowest BCUT2D eigenvalue weighted by Gasteiger charge is -2.21. The van der Waals surface area contributed by atoms with E-state index in [0.29, 0.717) is 6.42 Å². The van der Waals surface area contributed by atoms with Gasteiger partial charge in [-0.3, -0.25) is 0 Å². The van der Waals surface area contributed by atoms with Crippen LogP contribution >= 0.6 is 0 Å². The average Bonchev–Trinajstić information content (AvgIpc) is 2.56. The maximum atomic E-state index is 13.0. The lowest BCUT2D eigenvalue weighted by Crippen LogP contribution is -2.29. The van der Waals surface area contributed by atoms with Crippen LogP contribution in [0.25, 0.3) is 0 Å². The molecule has 2 aromatic rings. The van der Waals surface area contributed by atoms with Crippen molar-refractivity contribution in [2.75, 3.05) is 0 Å². The Kier molecular flexibility index (Phi) is 6.92. The van der Waals surface area contributed by atoms with E-state index in [9.17, 15) is 8.42 Å². The molecule has 28 heavy (non-hydrogen) atoms. The van der Waals surface area contributed by atoms with Gasteiger partial charge >= 0.3 is 0 Å². The topological polar surface area (TPSA) is 46.2 Å². The average molecular weight is 414 g/mol. The number of aryl methyl sites for hydroxylation is 3. The van der Waals surface area contributed by atoms with Gasteiger partial charge in [-0.15, -0.1) is 11.5 Å². The van der Waals surface area contributed by atoms with E-state index in [1.54, 1.807) is 12.1 Å². The second-order valence-corrected chi connectivity index (χ2v) is 15.0. The predicted octanol–water partition coefficient (Wildman–Crippen LogP) is 5.21. The maximum Gasteiger partial charge on any atom is 0.241 e. The summed E-state index contributed by atoms with van der Waals surface area (Å²) in [6.45, 7) is 14.6. The molecule has 3 nitrogen and oxygen atoms in total. The minimum Gasteiger partial charge on any atom is -0.207 e. The van der Waals surface area contributed by atoms with Crippen LogP contribution in [0.3, 0.4) is 0 Å². The third-order valence-corrected chi connectivity index (χ3v) is 7.04. The molecule has 0 bridgehead atoms. The van der Waals surface area contributed by atoms with Crippen molar-refractivity contribution in [3.63, 3.8) is 0 Å². The van der Waals surface area contributed by atoms with Gasteiger partial charge in [0.1, 0.15) is 8.07 Å². The maximum absolute atomic E-state index is 13.0. The second-order valence-electron chi connectivity index (χ2n) is 8.54. The molecule has 1 atom stereocenters. The zero-order valence-corrected chi connectivity index (χ0v) is 19.8. The molecule has 2 aromatic carbocycles. The lowest BCUT2D eigenvalue weighted by molar-refractivity contribution is 0.558. The molecule has 0 fully saturated rings. The smallest absolute Gasteiger partial charge is 0.207 e. The Bertz CT molecular complexity index is 1010. The number of rotatable bonds is 5. The molecule has 5 heteroatoms. The fourth-order valence-electron chi connectivity index (χ4n) is 3.04. The van der Waals surface area contributed by atoms with Gasteiger partial charge in [0.2, 0.25) is 10.0 Å². The molecule has 0 spiro atoms. The first-order chi connectivity index (χ1) is 12.9. The molecule has 0 aromatic heterocycles. The Morgan fingerprint density at radius 3 is 2.14 bits per heavy atom. The molecule has 0 aliphatic heterocycles. The van der Waals surface area contributed by atoms with Gasteiger partial charge in [-0.1, -0.05) is 55.0 Å². The van der Waals surface area contributed by atoms with E-state index in [4.69, 9.17) is 0 Å². The van der Waals surface area contributed by atoms with Crippen molar-refractivity contribution in [2.24, 2.45) is 0 Å². The standard InChI is InChI=1S/C23H31NO2SSi/c1-17-10-12-21(13-11-17)27(25,26)24-23(9-8-14-28(5,6)7)22-16-18(2)15-19(3)20(22)4/h10-13,15-16,23-24H,9H2,1-7H3. The van der Waals surface area contributed by atoms with E-state index in [1.807, 2.05) is 32.9 Å². The molecule has 0 amide bonds. The van der Waals surface area contributed by atoms with Gasteiger partial charge < -0.3 is 0 Å². The van der Waals surface area contributed by atoms with Crippen LogP contribution in [0.1, 0.15) is 40.3 Å². The summed E-state index contributed by atoms with van der Waals surface area (Å²) in [4.78, 5) is 0.281. The summed E-state index contributed by atoms with van der Waals surface area (Å²) < 4.78 is 28.9. The quantitative estimate of drug-likeness (QED) is 0.540. The van der Waals surface area contributed by atoms with Gasteiger partial charge in [-0.05, 0) is 56.5 Å². The van der Waals surface area contributed by atoms with Crippen LogP contribution in [0.2, 0.25) is 19.6 Å². The fraction of sp³-hybridized carbons (Fsp3) is 0.391. The molecule has 150 valence electrons. The number of hydrogen-bond acceptors (Lipinski definition) is 2. The van der Waals surface area contributed by atoms with E-state index >= 15 is 0 Å². The molecular formula is C23H31NO2SSi. The van der Waals surface area contributed by atoms with Crippen LogP contribution < -0.4 is 4.72 Å². The summed E-state index contributed by atoms with van der Waals surface area (Å²) >= 11 is 0. The zero-order valence-electron chi connectivity index (χ0n) is 18.0. The van der Waals surface area contributed by atoms with Crippen LogP contribution in [-0.2, 0) is 10.0 Å². The van der Waals surface area contributed by atoms with Gasteiger partial charge in [-0.25, -0.2) is 13.1 Å². The van der Waals surface area contributed by atoms with E-state index in [0.717, 1.165) is 27.8 Å². The highest BCUT2D eigenvalue weighted by Gasteiger charge is 2.23. The first-order valence-electron chi connectivity index (χ1n) is 9.56. The molecule has 0 saturated heterocycles. The summed E-state index contributed by atoms with van der Waals surface area (Å²) in [6, 6.07) is 10.7. The molecule has 1 N–H and O–H groups in total. The summed E-state index contributed by atoms with van der Waals surface area (Å²) in [7, 11) is -5.17. The molecular weight excluding hydrogens is 382 g/mol. The van der Waals surface area contributed by atoms with E-state index in [2.05, 4.69) is 54.9 Å². The molecule has 2 rings (SSSR count). The van der Waals surface area contributed by atoms with Crippen molar-refractivity contribution in [1.29, 1.82) is 0 Å². The van der Waals surface area contributed by atoms with Crippen molar-refractivity contribution in [3.05, 3.63) is 64.2 Å². The summed E-state index contributed by atoms with van der Waals surface area (Å²) in [5.41, 5.74) is 8.77. The molecule has 0 aliphatic carbocycles. The largest absolute Gasteiger partial charge is 0.241 e. The van der Waals surface area contributed by atoms with E-state index in [-0.39, 0.29) is 10.9 Å². The fourth-order valence-corrected chi connectivity index (χ4v) is 4.89. The van der Waals surface area contributed by atoms with Crippen molar-refractivity contribution >= 4 is 18.1 Å². The lowest BCUT2D eigenvalue weighted by atomic mass is 9.94. The monoisotopic (exact) mass is 413 g/mol. The highest BCUT2D eigenvalue weighted by atomic mass is 32.2. The Morgan fingerprint density at radius 2 is 1.57 bits per heavy atom. The highest BCUT2D eigenvalue weighted by Crippen LogP contribution is 2.27. The summed E-state index contributed by atoms with van der Waals surface area (Å²) in [6.07, 6.45) is 0.457. The van der Waals surface area contributed by atoms with Crippen LogP contribution in [-0.4, -0.2) is 16.5 Å². The van der Waals surface area contributed by atoms with Crippen molar-refractivity contribution in [3.8, 4) is 11.5 Å². The Balaban J connectivity index is 2.46. The SMILES string of the molecule is Cc1ccc(S(=O)(=O)NC(CC#C[Si](C)(C)C)c2cc(C)cc(C)c2C)cc1. The summed E-state index contributed by atoms with van der Waals surface area (Å²) in [5.74, 6) is 3.26. The number of sulfonamides is 1. The van der Waals surface area contributed by atoms with Gasteiger partial charge in [-0.2, -0.15) is 0 Å². The Labute approximate surface area is 171 Å². The second kappa shape index (κ2) is 8.65. The third kappa shape index (κ3) is 6.06. The van der Waals surface area contributed by atoms with Crippen molar-refractivity contribution < 1.29 is 8.42 Å². The van der Waals surface area contributed by atoms with Crippen molar-refractivity contribution in [1.82, 2.24) is 4.72 Å². The third-order valence-electron chi connectivity index (χ3n) is 4.63. The number of benzene rings is 2. The number of hydrogen-bond donors (Lipinski definition) is 1. The molecule has 1 unspecified atom stereocenters. The van der Waals surface area contributed by atoms with Gasteiger partial charge in [0.15, 0.2) is 0 Å². The Morgan fingerprint density at radius 1 is 0.964 bits per heavy atom. The van der Waals surface area contributed by atoms with Crippen molar-refractivity contribution in [2.45, 2.75) is 64.7 Å². The summed E-state index contributed by atoms with van der Waals surface area (Å²) in [5, 5.41) is 0. The zero-order chi connectivity index (χ0) is 21.1. The van der Waals surface area contributed by atoms with Gasteiger partial charge in [0.05, 0.1) is 10.9 Å². The van der Waals surface area contributed by atoms with Gasteiger partial charge in [0.25, 0.3) is 0 Å². The first kappa shape index (κ1) is 22.4. The molecule has 0 heterocycles. The predicted molar refractivity (Wildman–Crippen MR) is 121 cm³/mol. The van der Waals surface area contributed by atoms with E-state index < -0.39 is 18.1 Å². The number of nitrogens with one attached hydrogen (secondary N) is 1. The van der Waals surface area contributed by atoms with Gasteiger partial charge in [0, 0.05) is 6.42 Å². The first-order valence-corrected chi connectivity index (χ1v) is 14.5. The molecule has 0 radical (unpaired) electrons. The van der Waals surface area contributed by atoms with Crippen LogP contribution in [0.15, 0.2) is 41.3 Å². The van der Waals surface area contributed by atoms with Crippen LogP contribution in [0.5, 0.6) is 0 Å². The minimum absolute atomic E-state index is 0.281. The van der Waals surface area contributed by atoms with Crippen LogP contribution in [0, 0.1) is 39.2 Å². The normalized spacial score (nSPS) is 13.0. The van der Waals surface area contributed by atoms with Crippen LogP contribution in [0.4, 0.5) is 0 Å². The highest BCUT2D eigenvalue weighted by molar-refractivity contribution is 7.89. The Hall–Kier alpha value is -1.87. The minimum atomic E-state index is -3.64. The molecule has 0 saturated carbocycles. The van der Waals surface area contributed by atoms with E-state index in [1.165, 1.54) is 0 Å². The molecule has 0 aliphatic rings.